The molecule has 0 spiro atoms. The second-order valence-electron chi connectivity index (χ2n) is 6.15. The Balaban J connectivity index is 1.54. The van der Waals surface area contributed by atoms with Crippen LogP contribution in [0.4, 0.5) is 5.95 Å². The smallest absolute Gasteiger partial charge is 0.224 e. The van der Waals surface area contributed by atoms with E-state index >= 15 is 0 Å². The fraction of sp³-hybridized carbons (Fsp3) is 0.143. The number of fused-ring (bicyclic) bond motifs is 1. The molecule has 0 radical (unpaired) electrons. The molecule has 0 aliphatic heterocycles. The first-order valence-electron chi connectivity index (χ1n) is 8.75. The Labute approximate surface area is 161 Å². The normalized spacial score (nSPS) is 10.8. The fourth-order valence-corrected chi connectivity index (χ4v) is 3.67. The van der Waals surface area contributed by atoms with Gasteiger partial charge >= 0.3 is 0 Å². The van der Waals surface area contributed by atoms with Crippen molar-refractivity contribution < 1.29 is 4.79 Å². The molecule has 0 aliphatic carbocycles. The van der Waals surface area contributed by atoms with Gasteiger partial charge in [-0.2, -0.15) is 0 Å². The van der Waals surface area contributed by atoms with Gasteiger partial charge in [0.25, 0.3) is 0 Å². The van der Waals surface area contributed by atoms with Gasteiger partial charge < -0.3 is 5.32 Å². The van der Waals surface area contributed by atoms with Crippen molar-refractivity contribution >= 4 is 33.3 Å². The highest BCUT2D eigenvalue weighted by atomic mass is 32.1. The Bertz CT molecular complexity index is 1050. The number of anilines is 1. The lowest BCUT2D eigenvalue weighted by molar-refractivity contribution is 0.0980. The van der Waals surface area contributed by atoms with Gasteiger partial charge in [-0.25, -0.2) is 9.97 Å². The summed E-state index contributed by atoms with van der Waals surface area (Å²) in [5, 5.41) is 5.17. The maximum atomic E-state index is 12.8. The maximum Gasteiger partial charge on any atom is 0.224 e. The Morgan fingerprint density at radius 2 is 1.85 bits per heavy atom. The van der Waals surface area contributed by atoms with E-state index in [1.165, 1.54) is 11.3 Å². The molecule has 3 aromatic heterocycles. The lowest BCUT2D eigenvalue weighted by Gasteiger charge is -2.08. The van der Waals surface area contributed by atoms with E-state index in [2.05, 4.69) is 20.3 Å². The van der Waals surface area contributed by atoms with Crippen molar-refractivity contribution in [2.24, 2.45) is 0 Å². The number of benzene rings is 1. The van der Waals surface area contributed by atoms with Crippen LogP contribution in [0.5, 0.6) is 0 Å². The quantitative estimate of drug-likeness (QED) is 0.482. The van der Waals surface area contributed by atoms with Gasteiger partial charge in [-0.3, -0.25) is 9.78 Å². The highest BCUT2D eigenvalue weighted by molar-refractivity contribution is 7.17. The van der Waals surface area contributed by atoms with Gasteiger partial charge in [-0.1, -0.05) is 36.4 Å². The van der Waals surface area contributed by atoms with Crippen molar-refractivity contribution in [1.82, 2.24) is 15.0 Å². The van der Waals surface area contributed by atoms with Crippen molar-refractivity contribution in [2.45, 2.75) is 19.4 Å². The molecule has 4 rings (SSSR count). The Morgan fingerprint density at radius 1 is 1.00 bits per heavy atom. The van der Waals surface area contributed by atoms with Gasteiger partial charge in [0.05, 0.1) is 10.2 Å². The summed E-state index contributed by atoms with van der Waals surface area (Å²) in [6, 6.07) is 15.8. The molecule has 6 heteroatoms. The summed E-state index contributed by atoms with van der Waals surface area (Å²) in [7, 11) is 0. The molecule has 0 atom stereocenters. The van der Waals surface area contributed by atoms with Crippen LogP contribution in [0, 0.1) is 0 Å². The first-order chi connectivity index (χ1) is 13.3. The number of carbonyl (C=O) groups is 1. The van der Waals surface area contributed by atoms with Crippen LogP contribution < -0.4 is 5.32 Å². The number of aromatic nitrogens is 3. The average molecular weight is 374 g/mol. The third-order valence-corrected chi connectivity index (χ3v) is 5.14. The fourth-order valence-electron chi connectivity index (χ4n) is 2.83. The molecule has 0 amide bonds. The van der Waals surface area contributed by atoms with Gasteiger partial charge in [-0.15, -0.1) is 11.3 Å². The predicted octanol–water partition coefficient (Wildman–Crippen LogP) is 4.51. The number of ketones is 1. The van der Waals surface area contributed by atoms with Crippen LogP contribution in [0.3, 0.4) is 0 Å². The second kappa shape index (κ2) is 8.05. The predicted molar refractivity (Wildman–Crippen MR) is 108 cm³/mol. The number of nitrogens with one attached hydrogen (secondary N) is 1. The summed E-state index contributed by atoms with van der Waals surface area (Å²) in [5.74, 6) is 0.506. The standard InChI is InChI=1S/C21H18N4OS/c26-18(9-8-16-7-4-11-22-13-16)19-20-17(10-12-27-20)24-21(25-19)23-14-15-5-2-1-3-6-15/h1-7,10-13H,8-9,14H2,(H,23,24,25). The Hall–Kier alpha value is -3.12. The van der Waals surface area contributed by atoms with Crippen LogP contribution in [-0.4, -0.2) is 20.7 Å². The number of rotatable bonds is 7. The molecule has 1 aromatic carbocycles. The molecule has 0 bridgehead atoms. The van der Waals surface area contributed by atoms with Gasteiger partial charge in [0.2, 0.25) is 5.95 Å². The minimum absolute atomic E-state index is 0.0245. The molecular formula is C21H18N4OS. The topological polar surface area (TPSA) is 67.8 Å². The molecule has 134 valence electrons. The second-order valence-corrected chi connectivity index (χ2v) is 7.07. The summed E-state index contributed by atoms with van der Waals surface area (Å²) in [6.07, 6.45) is 4.57. The molecule has 0 saturated heterocycles. The van der Waals surface area contributed by atoms with Crippen LogP contribution in [0.15, 0.2) is 66.3 Å². The number of hydrogen-bond donors (Lipinski definition) is 1. The summed E-state index contributed by atoms with van der Waals surface area (Å²) >= 11 is 1.50. The van der Waals surface area contributed by atoms with Crippen LogP contribution in [0.25, 0.3) is 10.2 Å². The van der Waals surface area contributed by atoms with Crippen molar-refractivity contribution in [1.29, 1.82) is 0 Å². The highest BCUT2D eigenvalue weighted by Gasteiger charge is 2.16. The lowest BCUT2D eigenvalue weighted by Crippen LogP contribution is -2.09. The van der Waals surface area contributed by atoms with E-state index in [1.807, 2.05) is 53.9 Å². The van der Waals surface area contributed by atoms with E-state index in [0.29, 0.717) is 31.0 Å². The molecule has 0 unspecified atom stereocenters. The van der Waals surface area contributed by atoms with Crippen LogP contribution in [0.1, 0.15) is 28.0 Å². The number of carbonyl (C=O) groups excluding carboxylic acids is 1. The van der Waals surface area contributed by atoms with E-state index < -0.39 is 0 Å². The first kappa shape index (κ1) is 17.3. The molecule has 0 fully saturated rings. The number of thiophene rings is 1. The molecule has 3 heterocycles. The Kier molecular flexibility index (Phi) is 5.16. The molecule has 27 heavy (non-hydrogen) atoms. The van der Waals surface area contributed by atoms with Gasteiger partial charge in [0.1, 0.15) is 5.69 Å². The van der Waals surface area contributed by atoms with Crippen LogP contribution in [-0.2, 0) is 13.0 Å². The lowest BCUT2D eigenvalue weighted by atomic mass is 10.1. The third-order valence-electron chi connectivity index (χ3n) is 4.22. The summed E-state index contributed by atoms with van der Waals surface area (Å²) < 4.78 is 0.844. The Morgan fingerprint density at radius 3 is 2.67 bits per heavy atom. The van der Waals surface area contributed by atoms with Gasteiger partial charge in [0, 0.05) is 25.4 Å². The number of pyridine rings is 1. The summed E-state index contributed by atoms with van der Waals surface area (Å²) in [6.45, 7) is 0.611. The molecule has 0 aliphatic rings. The van der Waals surface area contributed by atoms with Crippen molar-refractivity contribution in [3.05, 3.63) is 83.1 Å². The van der Waals surface area contributed by atoms with Gasteiger partial charge in [0.15, 0.2) is 5.78 Å². The van der Waals surface area contributed by atoms with Crippen LogP contribution >= 0.6 is 11.3 Å². The minimum Gasteiger partial charge on any atom is -0.350 e. The molecular weight excluding hydrogens is 356 g/mol. The highest BCUT2D eigenvalue weighted by Crippen LogP contribution is 2.25. The SMILES string of the molecule is O=C(CCc1cccnc1)c1nc(NCc2ccccc2)nc2ccsc12. The van der Waals surface area contributed by atoms with Gasteiger partial charge in [-0.05, 0) is 35.1 Å². The zero-order chi connectivity index (χ0) is 18.5. The zero-order valence-corrected chi connectivity index (χ0v) is 15.4. The van der Waals surface area contributed by atoms with Crippen LogP contribution in [0.2, 0.25) is 0 Å². The molecule has 5 nitrogen and oxygen atoms in total. The minimum atomic E-state index is 0.0245. The number of aryl methyl sites for hydroxylation is 1. The molecule has 4 aromatic rings. The van der Waals surface area contributed by atoms with E-state index in [9.17, 15) is 4.79 Å². The zero-order valence-electron chi connectivity index (χ0n) is 14.6. The summed E-state index contributed by atoms with van der Waals surface area (Å²) in [5.41, 5.74) is 3.48. The molecule has 0 saturated carbocycles. The maximum absolute atomic E-state index is 12.8. The largest absolute Gasteiger partial charge is 0.350 e. The first-order valence-corrected chi connectivity index (χ1v) is 9.63. The van der Waals surface area contributed by atoms with Crippen molar-refractivity contribution in [3.63, 3.8) is 0 Å². The number of Topliss-reactive ketones (excluding diaryl/α,β-unsaturated/α-hetero) is 1. The summed E-state index contributed by atoms with van der Waals surface area (Å²) in [4.78, 5) is 26.0. The van der Waals surface area contributed by atoms with Crippen molar-refractivity contribution in [3.8, 4) is 0 Å². The van der Waals surface area contributed by atoms with Crippen molar-refractivity contribution in [2.75, 3.05) is 5.32 Å². The number of hydrogen-bond acceptors (Lipinski definition) is 6. The van der Waals surface area contributed by atoms with E-state index in [-0.39, 0.29) is 5.78 Å². The van der Waals surface area contributed by atoms with E-state index in [4.69, 9.17) is 0 Å². The van der Waals surface area contributed by atoms with E-state index in [1.54, 1.807) is 12.4 Å². The molecule has 1 N–H and O–H groups in total. The third kappa shape index (κ3) is 4.17. The van der Waals surface area contributed by atoms with E-state index in [0.717, 1.165) is 21.3 Å². The average Bonchev–Trinajstić information content (AvgIpc) is 3.20. The number of nitrogens with zero attached hydrogens (tertiary/aromatic N) is 3. The monoisotopic (exact) mass is 374 g/mol.